The lowest BCUT2D eigenvalue weighted by atomic mass is 10.4. The molecule has 7 heavy (non-hydrogen) atoms. The van der Waals surface area contributed by atoms with E-state index >= 15 is 0 Å². The Balaban J connectivity index is 2.83. The first-order valence-corrected chi connectivity index (χ1v) is 5.53. The van der Waals surface area contributed by atoms with Gasteiger partial charge in [0.25, 0.3) is 0 Å². The molecular weight excluding hydrogens is 223 g/mol. The summed E-state index contributed by atoms with van der Waals surface area (Å²) in [6, 6.07) is 0.432. The fourth-order valence-corrected chi connectivity index (χ4v) is 2.05. The van der Waals surface area contributed by atoms with Crippen molar-refractivity contribution in [1.82, 2.24) is 5.43 Å². The van der Waals surface area contributed by atoms with Gasteiger partial charge in [-0.25, -0.2) is 0 Å². The molecular formula is C3H9IN2S. The van der Waals surface area contributed by atoms with E-state index in [1.807, 2.05) is 6.92 Å². The summed E-state index contributed by atoms with van der Waals surface area (Å²) in [5, 5.41) is 0. The first-order valence-electron chi connectivity index (χ1n) is 2.01. The third kappa shape index (κ3) is 4.86. The Hall–Kier alpha value is 1.00. The molecule has 0 fully saturated rings. The van der Waals surface area contributed by atoms with Gasteiger partial charge in [0.1, 0.15) is 0 Å². The molecule has 0 aliphatic heterocycles. The minimum Gasteiger partial charge on any atom is -0.271 e. The van der Waals surface area contributed by atoms with Gasteiger partial charge in [0.2, 0.25) is 0 Å². The predicted molar refractivity (Wildman–Crippen MR) is 43.3 cm³/mol. The summed E-state index contributed by atoms with van der Waals surface area (Å²) in [6.45, 7) is 2.05. The average molecular weight is 232 g/mol. The molecule has 0 spiro atoms. The van der Waals surface area contributed by atoms with Crippen LogP contribution in [0.4, 0.5) is 0 Å². The minimum absolute atomic E-state index is 0.432. The molecule has 0 saturated heterocycles. The lowest BCUT2D eigenvalue weighted by Gasteiger charge is -2.03. The Morgan fingerprint density at radius 1 is 2.00 bits per heavy atom. The van der Waals surface area contributed by atoms with Gasteiger partial charge in [0.15, 0.2) is 0 Å². The average Bonchev–Trinajstić information content (AvgIpc) is 1.68. The number of nitrogens with two attached hydrogens (primary N) is 1. The smallest absolute Gasteiger partial charge is 0.0280 e. The van der Waals surface area contributed by atoms with Gasteiger partial charge in [-0.3, -0.25) is 11.3 Å². The molecule has 0 unspecified atom stereocenters. The van der Waals surface area contributed by atoms with Gasteiger partial charge in [0.05, 0.1) is 0 Å². The van der Waals surface area contributed by atoms with E-state index in [1.54, 1.807) is 8.93 Å². The molecule has 0 heterocycles. The summed E-state index contributed by atoms with van der Waals surface area (Å²) in [5.41, 5.74) is 2.64. The second kappa shape index (κ2) is 5.14. The quantitative estimate of drug-likeness (QED) is 0.431. The van der Waals surface area contributed by atoms with Gasteiger partial charge in [-0.15, -0.1) is 0 Å². The summed E-state index contributed by atoms with van der Waals surface area (Å²) in [4.78, 5) is 0. The molecule has 44 valence electrons. The van der Waals surface area contributed by atoms with E-state index < -0.39 is 0 Å². The summed E-state index contributed by atoms with van der Waals surface area (Å²) >= 11 is 2.25. The van der Waals surface area contributed by atoms with Gasteiger partial charge >= 0.3 is 0 Å². The van der Waals surface area contributed by atoms with Crippen molar-refractivity contribution < 1.29 is 0 Å². The van der Waals surface area contributed by atoms with Crippen LogP contribution in [-0.4, -0.2) is 11.8 Å². The van der Waals surface area contributed by atoms with E-state index in [-0.39, 0.29) is 0 Å². The van der Waals surface area contributed by atoms with Crippen molar-refractivity contribution in [1.29, 1.82) is 0 Å². The SMILES string of the molecule is C[C@@H](CSI)NN. The Morgan fingerprint density at radius 2 is 2.57 bits per heavy atom. The van der Waals surface area contributed by atoms with Crippen LogP contribution >= 0.6 is 30.1 Å². The summed E-state index contributed by atoms with van der Waals surface area (Å²) in [5.74, 6) is 6.16. The van der Waals surface area contributed by atoms with Crippen molar-refractivity contribution in [3.63, 3.8) is 0 Å². The van der Waals surface area contributed by atoms with Crippen molar-refractivity contribution in [2.24, 2.45) is 5.84 Å². The zero-order valence-corrected chi connectivity index (χ0v) is 7.12. The topological polar surface area (TPSA) is 38.0 Å². The van der Waals surface area contributed by atoms with E-state index in [9.17, 15) is 0 Å². The Morgan fingerprint density at radius 3 is 2.71 bits per heavy atom. The van der Waals surface area contributed by atoms with Crippen molar-refractivity contribution in [2.45, 2.75) is 13.0 Å². The number of hydrogen-bond donors (Lipinski definition) is 2. The number of rotatable bonds is 3. The van der Waals surface area contributed by atoms with Gasteiger partial charge in [-0.1, -0.05) is 8.93 Å². The molecule has 0 saturated carbocycles. The second-order valence-electron chi connectivity index (χ2n) is 1.34. The standard InChI is InChI=1S/C3H9IN2S/c1-3(6-5)2-7-4/h3,6H,2,5H2,1H3/t3-/m0/s1. The molecule has 0 aromatic carbocycles. The van der Waals surface area contributed by atoms with E-state index in [4.69, 9.17) is 5.84 Å². The Kier molecular flexibility index (Phi) is 5.88. The van der Waals surface area contributed by atoms with Gasteiger partial charge in [-0.05, 0) is 28.1 Å². The highest BCUT2D eigenvalue weighted by atomic mass is 127. The normalized spacial score (nSPS) is 14.1. The van der Waals surface area contributed by atoms with E-state index in [1.165, 1.54) is 0 Å². The van der Waals surface area contributed by atoms with Crippen molar-refractivity contribution in [3.05, 3.63) is 0 Å². The van der Waals surface area contributed by atoms with Crippen LogP contribution in [0.3, 0.4) is 0 Å². The molecule has 0 aliphatic rings. The number of nitrogens with one attached hydrogen (secondary N) is 1. The fourth-order valence-electron chi connectivity index (χ4n) is 0.143. The summed E-state index contributed by atoms with van der Waals surface area (Å²) < 4.78 is 0. The third-order valence-electron chi connectivity index (χ3n) is 0.598. The Bertz CT molecular complexity index is 43.9. The molecule has 2 nitrogen and oxygen atoms in total. The van der Waals surface area contributed by atoms with E-state index in [0.29, 0.717) is 6.04 Å². The molecule has 0 aromatic rings. The largest absolute Gasteiger partial charge is 0.271 e. The van der Waals surface area contributed by atoms with E-state index in [2.05, 4.69) is 26.6 Å². The molecule has 4 heteroatoms. The highest BCUT2D eigenvalue weighted by molar-refractivity contribution is 14.2. The molecule has 0 radical (unpaired) electrons. The van der Waals surface area contributed by atoms with Crippen molar-refractivity contribution in [2.75, 3.05) is 5.75 Å². The van der Waals surface area contributed by atoms with Crippen LogP contribution in [0.5, 0.6) is 0 Å². The molecule has 1 atom stereocenters. The maximum atomic E-state index is 5.09. The number of hydrazine groups is 1. The molecule has 0 amide bonds. The number of hydrogen-bond acceptors (Lipinski definition) is 3. The zero-order chi connectivity index (χ0) is 5.70. The third-order valence-corrected chi connectivity index (χ3v) is 2.30. The molecule has 0 aliphatic carbocycles. The predicted octanol–water partition coefficient (Wildman–Crippen LogP) is 0.921. The van der Waals surface area contributed by atoms with Crippen LogP contribution in [0.25, 0.3) is 0 Å². The number of halogens is 1. The lowest BCUT2D eigenvalue weighted by molar-refractivity contribution is 0.627. The summed E-state index contributed by atoms with van der Waals surface area (Å²) in [7, 11) is 1.76. The summed E-state index contributed by atoms with van der Waals surface area (Å²) in [6.07, 6.45) is 0. The van der Waals surface area contributed by atoms with Gasteiger partial charge < -0.3 is 0 Å². The van der Waals surface area contributed by atoms with Crippen molar-refractivity contribution in [3.8, 4) is 0 Å². The zero-order valence-electron chi connectivity index (χ0n) is 4.15. The monoisotopic (exact) mass is 232 g/mol. The van der Waals surface area contributed by atoms with Crippen LogP contribution in [0.1, 0.15) is 6.92 Å². The molecule has 0 aromatic heterocycles. The van der Waals surface area contributed by atoms with Crippen LogP contribution in [0.15, 0.2) is 0 Å². The molecule has 3 N–H and O–H groups in total. The first kappa shape index (κ1) is 8.00. The first-order chi connectivity index (χ1) is 3.31. The highest BCUT2D eigenvalue weighted by Crippen LogP contribution is 2.10. The van der Waals surface area contributed by atoms with Crippen LogP contribution < -0.4 is 11.3 Å². The molecule has 0 bridgehead atoms. The maximum absolute atomic E-state index is 5.09. The maximum Gasteiger partial charge on any atom is 0.0280 e. The van der Waals surface area contributed by atoms with Crippen LogP contribution in [0, 0.1) is 0 Å². The lowest BCUT2D eigenvalue weighted by Crippen LogP contribution is -2.33. The highest BCUT2D eigenvalue weighted by Gasteiger charge is 1.93. The van der Waals surface area contributed by atoms with Gasteiger partial charge in [-0.2, -0.15) is 0 Å². The van der Waals surface area contributed by atoms with Gasteiger partial charge in [0, 0.05) is 11.8 Å². The van der Waals surface area contributed by atoms with Crippen molar-refractivity contribution >= 4 is 30.1 Å². The minimum atomic E-state index is 0.432. The van der Waals surface area contributed by atoms with E-state index in [0.717, 1.165) is 5.75 Å². The molecule has 0 rings (SSSR count). The fraction of sp³-hybridized carbons (Fsp3) is 1.00. The van der Waals surface area contributed by atoms with Crippen LogP contribution in [0.2, 0.25) is 0 Å². The van der Waals surface area contributed by atoms with Crippen LogP contribution in [-0.2, 0) is 0 Å². The Labute approximate surface area is 60.2 Å². The second-order valence-corrected chi connectivity index (χ2v) is 3.76.